The maximum absolute atomic E-state index is 6.11. The second-order valence-corrected chi connectivity index (χ2v) is 10.8. The molecule has 3 aliphatic rings. The molecule has 4 aromatic rings. The van der Waals surface area contributed by atoms with E-state index in [1.165, 1.54) is 5.56 Å². The molecule has 3 aromatic heterocycles. The van der Waals surface area contributed by atoms with Crippen LogP contribution in [0.4, 0.5) is 23.5 Å². The Morgan fingerprint density at radius 1 is 0.900 bits per heavy atom. The fraction of sp³-hybridized carbons (Fsp3) is 0.429. The molecule has 7 rings (SSSR count). The molecule has 2 saturated heterocycles. The zero-order valence-electron chi connectivity index (χ0n) is 22.6. The minimum absolute atomic E-state index is 0.103. The maximum atomic E-state index is 6.11. The van der Waals surface area contributed by atoms with Gasteiger partial charge < -0.3 is 24.8 Å². The molecule has 12 nitrogen and oxygen atoms in total. The third-order valence-corrected chi connectivity index (χ3v) is 7.91. The lowest BCUT2D eigenvalue weighted by atomic mass is 10.1. The maximum Gasteiger partial charge on any atom is 0.232 e. The number of hydrogen-bond donors (Lipinski definition) is 1. The third-order valence-electron chi connectivity index (χ3n) is 7.91. The van der Waals surface area contributed by atoms with Gasteiger partial charge in [0.05, 0.1) is 24.5 Å². The number of ether oxygens (including phenoxy) is 1. The van der Waals surface area contributed by atoms with Gasteiger partial charge in [-0.25, -0.2) is 19.9 Å². The number of hydrogen-bond acceptors (Lipinski definition) is 11. The number of rotatable bonds is 7. The fourth-order valence-corrected chi connectivity index (χ4v) is 5.66. The molecule has 40 heavy (non-hydrogen) atoms. The van der Waals surface area contributed by atoms with E-state index in [2.05, 4.69) is 81.3 Å². The van der Waals surface area contributed by atoms with Crippen LogP contribution in [-0.4, -0.2) is 98.1 Å². The number of nitrogens with zero attached hydrogens (tertiary/aromatic N) is 10. The average molecular weight is 540 g/mol. The van der Waals surface area contributed by atoms with Crippen molar-refractivity contribution < 1.29 is 4.74 Å². The largest absolute Gasteiger partial charge is 0.370 e. The van der Waals surface area contributed by atoms with Crippen LogP contribution in [0.1, 0.15) is 23.6 Å². The van der Waals surface area contributed by atoms with Crippen LogP contribution in [0, 0.1) is 0 Å². The van der Waals surface area contributed by atoms with Gasteiger partial charge in [-0.15, -0.1) is 0 Å². The highest BCUT2D eigenvalue weighted by Crippen LogP contribution is 2.52. The molecular weight excluding hydrogens is 506 g/mol. The summed E-state index contributed by atoms with van der Waals surface area (Å²) in [5.41, 5.74) is 3.11. The third kappa shape index (κ3) is 5.19. The molecule has 1 N–H and O–H groups in total. The van der Waals surface area contributed by atoms with E-state index in [1.54, 1.807) is 6.33 Å². The number of nitrogens with one attached hydrogen (secondary N) is 1. The smallest absolute Gasteiger partial charge is 0.232 e. The summed E-state index contributed by atoms with van der Waals surface area (Å²) in [6.07, 6.45) is 11.0. The number of likely N-dealkylation sites (N-methyl/N-ethyl adjacent to an activating group) is 1. The average Bonchev–Trinajstić information content (AvgIpc) is 3.45. The van der Waals surface area contributed by atoms with E-state index in [1.807, 2.05) is 35.5 Å². The Hall–Kier alpha value is -4.16. The molecule has 12 heteroatoms. The van der Waals surface area contributed by atoms with Crippen molar-refractivity contribution in [2.24, 2.45) is 0 Å². The van der Waals surface area contributed by atoms with Crippen LogP contribution in [0.15, 0.2) is 61.4 Å². The Labute approximate surface area is 233 Å². The zero-order valence-corrected chi connectivity index (χ0v) is 22.6. The van der Waals surface area contributed by atoms with Crippen LogP contribution in [0.25, 0.3) is 0 Å². The zero-order chi connectivity index (χ0) is 26.9. The molecule has 5 heterocycles. The summed E-state index contributed by atoms with van der Waals surface area (Å²) in [6.45, 7) is 5.82. The second kappa shape index (κ2) is 10.4. The quantitative estimate of drug-likeness (QED) is 0.373. The predicted octanol–water partition coefficient (Wildman–Crippen LogP) is 2.16. The normalized spacial score (nSPS) is 23.0. The van der Waals surface area contributed by atoms with Crippen molar-refractivity contribution in [3.8, 4) is 0 Å². The molecule has 1 saturated carbocycles. The molecular formula is C28H33N11O. The molecule has 1 spiro atoms. The van der Waals surface area contributed by atoms with Crippen molar-refractivity contribution in [3.63, 3.8) is 0 Å². The Bertz CT molecular complexity index is 1440. The Morgan fingerprint density at radius 2 is 1.68 bits per heavy atom. The van der Waals surface area contributed by atoms with Crippen molar-refractivity contribution in [2.75, 3.05) is 68.0 Å². The highest BCUT2D eigenvalue weighted by Gasteiger charge is 2.59. The number of piperazine rings is 1. The van der Waals surface area contributed by atoms with Crippen molar-refractivity contribution in [3.05, 3.63) is 72.6 Å². The van der Waals surface area contributed by atoms with Crippen LogP contribution >= 0.6 is 0 Å². The second-order valence-electron chi connectivity index (χ2n) is 10.8. The summed E-state index contributed by atoms with van der Waals surface area (Å²) in [4.78, 5) is 29.4. The first-order valence-corrected chi connectivity index (χ1v) is 13.8. The Balaban J connectivity index is 0.939. The minimum Gasteiger partial charge on any atom is -0.370 e. The number of aromatic nitrogens is 7. The lowest BCUT2D eigenvalue weighted by Gasteiger charge is -2.34. The van der Waals surface area contributed by atoms with Crippen molar-refractivity contribution >= 4 is 23.5 Å². The van der Waals surface area contributed by atoms with Gasteiger partial charge in [-0.3, -0.25) is 4.68 Å². The lowest BCUT2D eigenvalue weighted by molar-refractivity contribution is -0.0468. The molecule has 2 unspecified atom stereocenters. The molecule has 0 amide bonds. The fourth-order valence-electron chi connectivity index (χ4n) is 5.66. The van der Waals surface area contributed by atoms with Gasteiger partial charge in [0.1, 0.15) is 11.9 Å². The van der Waals surface area contributed by atoms with Gasteiger partial charge in [-0.05, 0) is 18.2 Å². The number of benzene rings is 1. The van der Waals surface area contributed by atoms with Crippen molar-refractivity contribution in [2.45, 2.75) is 24.5 Å². The molecule has 0 bridgehead atoms. The van der Waals surface area contributed by atoms with Crippen molar-refractivity contribution in [1.82, 2.24) is 39.6 Å². The summed E-state index contributed by atoms with van der Waals surface area (Å²) < 4.78 is 8.11. The van der Waals surface area contributed by atoms with E-state index >= 15 is 0 Å². The minimum atomic E-state index is -0.103. The van der Waals surface area contributed by atoms with Gasteiger partial charge in [-0.2, -0.15) is 10.1 Å². The van der Waals surface area contributed by atoms with E-state index < -0.39 is 0 Å². The topological polar surface area (TPSA) is 113 Å². The predicted molar refractivity (Wildman–Crippen MR) is 151 cm³/mol. The molecule has 206 valence electrons. The van der Waals surface area contributed by atoms with Crippen LogP contribution in [0.3, 0.4) is 0 Å². The van der Waals surface area contributed by atoms with Crippen LogP contribution < -0.4 is 15.1 Å². The van der Waals surface area contributed by atoms with Crippen LogP contribution in [0.5, 0.6) is 0 Å². The van der Waals surface area contributed by atoms with E-state index in [4.69, 9.17) is 4.74 Å². The van der Waals surface area contributed by atoms with Gasteiger partial charge in [-0.1, -0.05) is 30.3 Å². The summed E-state index contributed by atoms with van der Waals surface area (Å²) in [5, 5.41) is 7.87. The van der Waals surface area contributed by atoms with Crippen LogP contribution in [0.2, 0.25) is 0 Å². The molecule has 1 aromatic carbocycles. The highest BCUT2D eigenvalue weighted by molar-refractivity contribution is 5.52. The van der Waals surface area contributed by atoms with Gasteiger partial charge in [0.15, 0.2) is 0 Å². The van der Waals surface area contributed by atoms with Gasteiger partial charge in [0.2, 0.25) is 17.8 Å². The first-order valence-electron chi connectivity index (χ1n) is 13.8. The van der Waals surface area contributed by atoms with E-state index in [-0.39, 0.29) is 11.6 Å². The summed E-state index contributed by atoms with van der Waals surface area (Å²) in [7, 11) is 2.14. The number of anilines is 4. The summed E-state index contributed by atoms with van der Waals surface area (Å²) in [5.74, 6) is 1.92. The monoisotopic (exact) mass is 539 g/mol. The summed E-state index contributed by atoms with van der Waals surface area (Å²) >= 11 is 0. The molecule has 2 aliphatic heterocycles. The molecule has 2 atom stereocenters. The Kier molecular flexibility index (Phi) is 6.48. The van der Waals surface area contributed by atoms with E-state index in [0.29, 0.717) is 11.9 Å². The first-order chi connectivity index (χ1) is 19.6. The molecule has 3 fully saturated rings. The van der Waals surface area contributed by atoms with Gasteiger partial charge >= 0.3 is 0 Å². The summed E-state index contributed by atoms with van der Waals surface area (Å²) in [6, 6.07) is 10.6. The number of morpholine rings is 1. The molecule has 1 aliphatic carbocycles. The SMILES string of the molecule is CN1CCOC2(CC2n2cc(Nc3ncnc(N4CCN(c5ncc(Cc6ccccc6)cn5)CC4)n3)cn2)C1. The van der Waals surface area contributed by atoms with E-state index in [9.17, 15) is 0 Å². The van der Waals surface area contributed by atoms with Crippen molar-refractivity contribution in [1.29, 1.82) is 0 Å². The van der Waals surface area contributed by atoms with E-state index in [0.717, 1.165) is 75.9 Å². The first kappa shape index (κ1) is 24.9. The van der Waals surface area contributed by atoms with Crippen LogP contribution in [-0.2, 0) is 11.2 Å². The highest BCUT2D eigenvalue weighted by atomic mass is 16.5. The molecule has 0 radical (unpaired) electrons. The van der Waals surface area contributed by atoms with Gasteiger partial charge in [0, 0.05) is 70.7 Å². The lowest BCUT2D eigenvalue weighted by Crippen LogP contribution is -2.47. The Morgan fingerprint density at radius 3 is 2.45 bits per heavy atom. The standard InChI is InChI=1S/C28H33N11O/c1-36-11-12-40-28(19-36)14-24(28)39-18-23(17-33-39)34-25-31-20-32-27(35-25)38-9-7-37(8-10-38)26-29-15-22(16-30-26)13-21-5-3-2-4-6-21/h2-6,15-18,20,24H,7-14,19H2,1H3,(H,31,32,34,35). The van der Waals surface area contributed by atoms with Gasteiger partial charge in [0.25, 0.3) is 0 Å².